The van der Waals surface area contributed by atoms with Crippen molar-refractivity contribution in [1.82, 2.24) is 9.97 Å². The van der Waals surface area contributed by atoms with Gasteiger partial charge in [0.2, 0.25) is 5.95 Å². The van der Waals surface area contributed by atoms with Gasteiger partial charge in [0.1, 0.15) is 0 Å². The van der Waals surface area contributed by atoms with Gasteiger partial charge >= 0.3 is 0 Å². The van der Waals surface area contributed by atoms with Crippen molar-refractivity contribution in [2.75, 3.05) is 25.6 Å². The molecular weight excluding hydrogens is 266 g/mol. The van der Waals surface area contributed by atoms with Crippen molar-refractivity contribution in [3.05, 3.63) is 30.0 Å². The van der Waals surface area contributed by atoms with E-state index in [0.29, 0.717) is 19.2 Å². The van der Waals surface area contributed by atoms with Gasteiger partial charge in [-0.25, -0.2) is 9.97 Å². The fourth-order valence-electron chi connectivity index (χ4n) is 2.04. The van der Waals surface area contributed by atoms with Crippen LogP contribution in [0.15, 0.2) is 24.3 Å². The third kappa shape index (κ3) is 3.62. The Morgan fingerprint density at radius 2 is 1.71 bits per heavy atom. The van der Waals surface area contributed by atoms with Gasteiger partial charge < -0.3 is 14.8 Å². The molecule has 0 unspecified atom stereocenters. The van der Waals surface area contributed by atoms with Crippen molar-refractivity contribution < 1.29 is 9.47 Å². The number of anilines is 1. The first-order valence-corrected chi connectivity index (χ1v) is 7.11. The van der Waals surface area contributed by atoms with Crippen LogP contribution in [0, 0.1) is 6.92 Å². The summed E-state index contributed by atoms with van der Waals surface area (Å²) in [7, 11) is 1.81. The predicted molar refractivity (Wildman–Crippen MR) is 84.1 cm³/mol. The van der Waals surface area contributed by atoms with Crippen LogP contribution in [0.25, 0.3) is 11.3 Å². The first-order chi connectivity index (χ1) is 10.2. The van der Waals surface area contributed by atoms with Gasteiger partial charge in [-0.2, -0.15) is 0 Å². The van der Waals surface area contributed by atoms with Crippen LogP contribution in [0.4, 0.5) is 5.95 Å². The molecular formula is C16H21N3O2. The van der Waals surface area contributed by atoms with Gasteiger partial charge in [0.25, 0.3) is 0 Å². The summed E-state index contributed by atoms with van der Waals surface area (Å²) in [5, 5.41) is 2.97. The molecule has 1 aromatic heterocycles. The predicted octanol–water partition coefficient (Wildman–Crippen LogP) is 3.29. The van der Waals surface area contributed by atoms with Gasteiger partial charge in [-0.1, -0.05) is 0 Å². The standard InChI is InChI=1S/C16H21N3O2/c1-5-20-14-8-7-12(10-15(14)21-6-2)13-9-11(3)18-16(17-4)19-13/h7-10H,5-6H2,1-4H3,(H,17,18,19). The first-order valence-electron chi connectivity index (χ1n) is 7.11. The minimum absolute atomic E-state index is 0.591. The monoisotopic (exact) mass is 287 g/mol. The van der Waals surface area contributed by atoms with E-state index in [-0.39, 0.29) is 0 Å². The topological polar surface area (TPSA) is 56.3 Å². The zero-order valence-electron chi connectivity index (χ0n) is 12.9. The van der Waals surface area contributed by atoms with Gasteiger partial charge in [-0.15, -0.1) is 0 Å². The first kappa shape index (κ1) is 15.1. The Morgan fingerprint density at radius 3 is 2.38 bits per heavy atom. The van der Waals surface area contributed by atoms with Crippen LogP contribution >= 0.6 is 0 Å². The Morgan fingerprint density at radius 1 is 1.00 bits per heavy atom. The number of nitrogens with one attached hydrogen (secondary N) is 1. The molecule has 1 aromatic carbocycles. The smallest absolute Gasteiger partial charge is 0.223 e. The lowest BCUT2D eigenvalue weighted by Gasteiger charge is -2.12. The molecule has 0 atom stereocenters. The molecule has 0 aliphatic heterocycles. The number of benzene rings is 1. The number of rotatable bonds is 6. The fourth-order valence-corrected chi connectivity index (χ4v) is 2.04. The lowest BCUT2D eigenvalue weighted by Crippen LogP contribution is -2.01. The molecule has 0 fully saturated rings. The molecule has 0 amide bonds. The van der Waals surface area contributed by atoms with Crippen LogP contribution < -0.4 is 14.8 Å². The Bertz CT molecular complexity index is 614. The largest absolute Gasteiger partial charge is 0.490 e. The summed E-state index contributed by atoms with van der Waals surface area (Å²) in [4.78, 5) is 8.79. The van der Waals surface area contributed by atoms with Gasteiger partial charge in [0, 0.05) is 18.3 Å². The van der Waals surface area contributed by atoms with Crippen LogP contribution in [0.5, 0.6) is 11.5 Å². The number of aromatic nitrogens is 2. The number of aryl methyl sites for hydroxylation is 1. The number of hydrogen-bond donors (Lipinski definition) is 1. The van der Waals surface area contributed by atoms with Gasteiger partial charge in [-0.3, -0.25) is 0 Å². The maximum absolute atomic E-state index is 5.65. The summed E-state index contributed by atoms with van der Waals surface area (Å²) in [5.41, 5.74) is 2.75. The van der Waals surface area contributed by atoms with E-state index in [1.165, 1.54) is 0 Å². The maximum atomic E-state index is 5.65. The van der Waals surface area contributed by atoms with Crippen molar-refractivity contribution in [1.29, 1.82) is 0 Å². The van der Waals surface area contributed by atoms with Crippen LogP contribution in [-0.4, -0.2) is 30.2 Å². The molecule has 0 spiro atoms. The van der Waals surface area contributed by atoms with Crippen LogP contribution in [0.1, 0.15) is 19.5 Å². The van der Waals surface area contributed by atoms with Gasteiger partial charge in [0.15, 0.2) is 11.5 Å². The summed E-state index contributed by atoms with van der Waals surface area (Å²) in [6, 6.07) is 7.80. The number of ether oxygens (including phenoxy) is 2. The van der Waals surface area contributed by atoms with Gasteiger partial charge in [-0.05, 0) is 45.0 Å². The highest BCUT2D eigenvalue weighted by molar-refractivity contribution is 5.65. The summed E-state index contributed by atoms with van der Waals surface area (Å²) < 4.78 is 11.2. The van der Waals surface area contributed by atoms with E-state index >= 15 is 0 Å². The van der Waals surface area contributed by atoms with Crippen molar-refractivity contribution in [2.45, 2.75) is 20.8 Å². The molecule has 5 nitrogen and oxygen atoms in total. The molecule has 2 rings (SSSR count). The molecule has 0 saturated carbocycles. The quantitative estimate of drug-likeness (QED) is 0.883. The van der Waals surface area contributed by atoms with Crippen LogP contribution in [-0.2, 0) is 0 Å². The fraction of sp³-hybridized carbons (Fsp3) is 0.375. The molecule has 1 heterocycles. The molecule has 0 radical (unpaired) electrons. The van der Waals surface area contributed by atoms with Crippen molar-refractivity contribution in [2.24, 2.45) is 0 Å². The van der Waals surface area contributed by atoms with Crippen LogP contribution in [0.3, 0.4) is 0 Å². The average molecular weight is 287 g/mol. The van der Waals surface area contributed by atoms with Crippen molar-refractivity contribution in [3.63, 3.8) is 0 Å². The minimum atomic E-state index is 0.591. The Kier molecular flexibility index (Phi) is 4.98. The molecule has 5 heteroatoms. The average Bonchev–Trinajstić information content (AvgIpc) is 2.48. The van der Waals surface area contributed by atoms with E-state index in [9.17, 15) is 0 Å². The lowest BCUT2D eigenvalue weighted by molar-refractivity contribution is 0.288. The van der Waals surface area contributed by atoms with E-state index in [1.807, 2.05) is 52.1 Å². The highest BCUT2D eigenvalue weighted by Gasteiger charge is 2.10. The molecule has 0 bridgehead atoms. The SMILES string of the molecule is CCOc1ccc(-c2cc(C)nc(NC)n2)cc1OCC. The Balaban J connectivity index is 2.44. The molecule has 0 aliphatic carbocycles. The van der Waals surface area contributed by atoms with E-state index in [1.54, 1.807) is 0 Å². The summed E-state index contributed by atoms with van der Waals surface area (Å²) >= 11 is 0. The number of nitrogens with zero attached hydrogens (tertiary/aromatic N) is 2. The molecule has 1 N–H and O–H groups in total. The summed E-state index contributed by atoms with van der Waals surface area (Å²) in [6.45, 7) is 7.06. The van der Waals surface area contributed by atoms with Gasteiger partial charge in [0.05, 0.1) is 18.9 Å². The zero-order valence-corrected chi connectivity index (χ0v) is 12.9. The molecule has 112 valence electrons. The number of hydrogen-bond acceptors (Lipinski definition) is 5. The zero-order chi connectivity index (χ0) is 15.2. The van der Waals surface area contributed by atoms with Crippen molar-refractivity contribution in [3.8, 4) is 22.8 Å². The maximum Gasteiger partial charge on any atom is 0.223 e. The Labute approximate surface area is 125 Å². The normalized spacial score (nSPS) is 10.3. The van der Waals surface area contributed by atoms with E-state index in [2.05, 4.69) is 15.3 Å². The lowest BCUT2D eigenvalue weighted by atomic mass is 10.1. The summed E-state index contributed by atoms with van der Waals surface area (Å²) in [6.07, 6.45) is 0. The second-order valence-corrected chi connectivity index (χ2v) is 4.50. The second-order valence-electron chi connectivity index (χ2n) is 4.50. The highest BCUT2D eigenvalue weighted by Crippen LogP contribution is 2.32. The molecule has 0 saturated heterocycles. The molecule has 2 aromatic rings. The molecule has 21 heavy (non-hydrogen) atoms. The van der Waals surface area contributed by atoms with E-state index in [0.717, 1.165) is 28.5 Å². The minimum Gasteiger partial charge on any atom is -0.490 e. The van der Waals surface area contributed by atoms with Crippen molar-refractivity contribution >= 4 is 5.95 Å². The Hall–Kier alpha value is -2.30. The third-order valence-corrected chi connectivity index (χ3v) is 2.92. The molecule has 0 aliphatic rings. The van der Waals surface area contributed by atoms with Crippen LogP contribution in [0.2, 0.25) is 0 Å². The van der Waals surface area contributed by atoms with E-state index in [4.69, 9.17) is 9.47 Å². The third-order valence-electron chi connectivity index (χ3n) is 2.92. The highest BCUT2D eigenvalue weighted by atomic mass is 16.5. The van der Waals surface area contributed by atoms with E-state index < -0.39 is 0 Å². The second kappa shape index (κ2) is 6.92. The summed E-state index contributed by atoms with van der Waals surface area (Å²) in [5.74, 6) is 2.10.